The van der Waals surface area contributed by atoms with Crippen molar-refractivity contribution in [1.29, 1.82) is 0 Å². The van der Waals surface area contributed by atoms with Crippen molar-refractivity contribution in [3.05, 3.63) is 48.3 Å². The van der Waals surface area contributed by atoms with Crippen molar-refractivity contribution >= 4 is 17.5 Å². The molecule has 0 atom stereocenters. The number of para-hydroxylation sites is 1. The van der Waals surface area contributed by atoms with Crippen LogP contribution in [-0.4, -0.2) is 28.5 Å². The molecule has 1 heterocycles. The van der Waals surface area contributed by atoms with Crippen LogP contribution in [0.2, 0.25) is 0 Å². The average molecular weight is 282 g/mol. The predicted octanol–water partition coefficient (Wildman–Crippen LogP) is 2.53. The summed E-state index contributed by atoms with van der Waals surface area (Å²) in [6.45, 7) is 2.77. The zero-order valence-electron chi connectivity index (χ0n) is 12.0. The minimum absolute atomic E-state index is 0.120. The zero-order valence-corrected chi connectivity index (χ0v) is 12.0. The topological polar surface area (TPSA) is 58.1 Å². The maximum absolute atomic E-state index is 12.1. The summed E-state index contributed by atoms with van der Waals surface area (Å²) in [6, 6.07) is 11.9. The van der Waals surface area contributed by atoms with E-state index in [0.29, 0.717) is 17.7 Å². The summed E-state index contributed by atoms with van der Waals surface area (Å²) in [7, 11) is 0. The maximum Gasteiger partial charge on any atom is 0.270 e. The highest BCUT2D eigenvalue weighted by atomic mass is 16.2. The van der Waals surface area contributed by atoms with Gasteiger partial charge in [0.2, 0.25) is 5.95 Å². The van der Waals surface area contributed by atoms with Gasteiger partial charge in [0.25, 0.3) is 5.91 Å². The van der Waals surface area contributed by atoms with Crippen LogP contribution >= 0.6 is 0 Å². The molecule has 0 radical (unpaired) electrons. The van der Waals surface area contributed by atoms with E-state index in [2.05, 4.69) is 15.3 Å². The highest BCUT2D eigenvalue weighted by Crippen LogP contribution is 2.22. The molecule has 5 heteroatoms. The first-order valence-electron chi connectivity index (χ1n) is 7.24. The first-order chi connectivity index (χ1) is 10.3. The lowest BCUT2D eigenvalue weighted by atomic mass is 10.3. The van der Waals surface area contributed by atoms with Crippen molar-refractivity contribution in [3.63, 3.8) is 0 Å². The van der Waals surface area contributed by atoms with E-state index >= 15 is 0 Å². The van der Waals surface area contributed by atoms with Crippen LogP contribution < -0.4 is 10.2 Å². The molecule has 1 aromatic heterocycles. The van der Waals surface area contributed by atoms with Crippen LogP contribution in [-0.2, 0) is 0 Å². The van der Waals surface area contributed by atoms with Crippen LogP contribution in [0, 0.1) is 0 Å². The SMILES string of the molecule is CCN(c1ccccc1)c1nccc(C(=O)NC2CC2)n1. The molecule has 21 heavy (non-hydrogen) atoms. The van der Waals surface area contributed by atoms with E-state index in [1.54, 1.807) is 12.3 Å². The molecular weight excluding hydrogens is 264 g/mol. The Labute approximate surface area is 124 Å². The minimum Gasteiger partial charge on any atom is -0.348 e. The lowest BCUT2D eigenvalue weighted by Gasteiger charge is -2.21. The molecule has 0 aliphatic heterocycles. The molecule has 1 fully saturated rings. The van der Waals surface area contributed by atoms with Crippen molar-refractivity contribution in [2.75, 3.05) is 11.4 Å². The standard InChI is InChI=1S/C16H18N4O/c1-2-20(13-6-4-3-5-7-13)16-17-11-10-14(19-16)15(21)18-12-8-9-12/h3-7,10-12H,2,8-9H2,1H3,(H,18,21). The lowest BCUT2D eigenvalue weighted by Crippen LogP contribution is -2.27. The number of amides is 1. The van der Waals surface area contributed by atoms with Gasteiger partial charge in [0.15, 0.2) is 0 Å². The number of benzene rings is 1. The number of nitrogens with one attached hydrogen (secondary N) is 1. The van der Waals surface area contributed by atoms with Gasteiger partial charge in [0.05, 0.1) is 0 Å². The highest BCUT2D eigenvalue weighted by molar-refractivity contribution is 5.92. The summed E-state index contributed by atoms with van der Waals surface area (Å²) in [6.07, 6.45) is 3.76. The zero-order chi connectivity index (χ0) is 14.7. The Hall–Kier alpha value is -2.43. The molecule has 0 bridgehead atoms. The van der Waals surface area contributed by atoms with E-state index in [4.69, 9.17) is 0 Å². The Morgan fingerprint density at radius 2 is 2.05 bits per heavy atom. The van der Waals surface area contributed by atoms with E-state index in [0.717, 1.165) is 25.1 Å². The average Bonchev–Trinajstić information content (AvgIpc) is 3.33. The van der Waals surface area contributed by atoms with Crippen molar-refractivity contribution in [1.82, 2.24) is 15.3 Å². The van der Waals surface area contributed by atoms with Crippen LogP contribution in [0.4, 0.5) is 11.6 Å². The van der Waals surface area contributed by atoms with Gasteiger partial charge in [-0.3, -0.25) is 4.79 Å². The molecule has 5 nitrogen and oxygen atoms in total. The van der Waals surface area contributed by atoms with E-state index in [1.807, 2.05) is 42.2 Å². The second-order valence-electron chi connectivity index (χ2n) is 5.07. The number of carbonyl (C=O) groups is 1. The Kier molecular flexibility index (Phi) is 3.81. The van der Waals surface area contributed by atoms with Gasteiger partial charge in [-0.05, 0) is 38.0 Å². The van der Waals surface area contributed by atoms with Crippen molar-refractivity contribution in [2.24, 2.45) is 0 Å². The fourth-order valence-corrected chi connectivity index (χ4v) is 2.14. The molecule has 1 N–H and O–H groups in total. The second-order valence-corrected chi connectivity index (χ2v) is 5.07. The number of carbonyl (C=O) groups excluding carboxylic acids is 1. The lowest BCUT2D eigenvalue weighted by molar-refractivity contribution is 0.0946. The van der Waals surface area contributed by atoms with Gasteiger partial charge in [0.1, 0.15) is 5.69 Å². The first-order valence-corrected chi connectivity index (χ1v) is 7.24. The van der Waals surface area contributed by atoms with Crippen molar-refractivity contribution in [2.45, 2.75) is 25.8 Å². The Morgan fingerprint density at radius 3 is 2.71 bits per heavy atom. The summed E-state index contributed by atoms with van der Waals surface area (Å²) in [5.74, 6) is 0.428. The van der Waals surface area contributed by atoms with Gasteiger partial charge in [0, 0.05) is 24.5 Å². The Balaban J connectivity index is 1.85. The highest BCUT2D eigenvalue weighted by Gasteiger charge is 2.24. The molecule has 0 saturated heterocycles. The summed E-state index contributed by atoms with van der Waals surface area (Å²) >= 11 is 0. The van der Waals surface area contributed by atoms with Crippen LogP contribution in [0.1, 0.15) is 30.3 Å². The summed E-state index contributed by atoms with van der Waals surface area (Å²) < 4.78 is 0. The smallest absolute Gasteiger partial charge is 0.270 e. The number of anilines is 2. The molecule has 108 valence electrons. The van der Waals surface area contributed by atoms with Gasteiger partial charge in [-0.1, -0.05) is 18.2 Å². The van der Waals surface area contributed by atoms with Crippen LogP contribution in [0.3, 0.4) is 0 Å². The summed E-state index contributed by atoms with van der Waals surface area (Å²) in [5.41, 5.74) is 1.43. The molecule has 0 spiro atoms. The van der Waals surface area contributed by atoms with Crippen LogP contribution in [0.15, 0.2) is 42.6 Å². The fraction of sp³-hybridized carbons (Fsp3) is 0.312. The fourth-order valence-electron chi connectivity index (χ4n) is 2.14. The van der Waals surface area contributed by atoms with Gasteiger partial charge in [-0.25, -0.2) is 9.97 Å². The first kappa shape index (κ1) is 13.5. The van der Waals surface area contributed by atoms with Gasteiger partial charge in [-0.2, -0.15) is 0 Å². The molecule has 2 aromatic rings. The Bertz CT molecular complexity index is 625. The molecule has 1 amide bonds. The predicted molar refractivity (Wildman–Crippen MR) is 81.6 cm³/mol. The van der Waals surface area contributed by atoms with Gasteiger partial charge >= 0.3 is 0 Å². The number of hydrogen-bond donors (Lipinski definition) is 1. The monoisotopic (exact) mass is 282 g/mol. The van der Waals surface area contributed by atoms with Gasteiger partial charge < -0.3 is 10.2 Å². The quantitative estimate of drug-likeness (QED) is 0.915. The third kappa shape index (κ3) is 3.18. The number of rotatable bonds is 5. The summed E-state index contributed by atoms with van der Waals surface area (Å²) in [4.78, 5) is 22.8. The minimum atomic E-state index is -0.120. The molecule has 1 aromatic carbocycles. The number of hydrogen-bond acceptors (Lipinski definition) is 4. The van der Waals surface area contributed by atoms with E-state index in [-0.39, 0.29) is 5.91 Å². The molecule has 1 aliphatic rings. The Morgan fingerprint density at radius 1 is 1.29 bits per heavy atom. The second kappa shape index (κ2) is 5.91. The molecule has 1 saturated carbocycles. The van der Waals surface area contributed by atoms with E-state index < -0.39 is 0 Å². The normalized spacial score (nSPS) is 13.8. The molecular formula is C16H18N4O. The van der Waals surface area contributed by atoms with Crippen molar-refractivity contribution < 1.29 is 4.79 Å². The van der Waals surface area contributed by atoms with E-state index in [1.165, 1.54) is 0 Å². The molecule has 0 unspecified atom stereocenters. The molecule has 3 rings (SSSR count). The van der Waals surface area contributed by atoms with E-state index in [9.17, 15) is 4.79 Å². The van der Waals surface area contributed by atoms with Crippen LogP contribution in [0.5, 0.6) is 0 Å². The number of nitrogens with zero attached hydrogens (tertiary/aromatic N) is 3. The third-order valence-electron chi connectivity index (χ3n) is 3.41. The largest absolute Gasteiger partial charge is 0.348 e. The van der Waals surface area contributed by atoms with Crippen LogP contribution in [0.25, 0.3) is 0 Å². The summed E-state index contributed by atoms with van der Waals surface area (Å²) in [5, 5.41) is 2.95. The van der Waals surface area contributed by atoms with Gasteiger partial charge in [-0.15, -0.1) is 0 Å². The van der Waals surface area contributed by atoms with Crippen molar-refractivity contribution in [3.8, 4) is 0 Å². The molecule has 1 aliphatic carbocycles. The number of aromatic nitrogens is 2. The maximum atomic E-state index is 12.1. The third-order valence-corrected chi connectivity index (χ3v) is 3.41.